The van der Waals surface area contributed by atoms with Crippen molar-refractivity contribution in [1.82, 2.24) is 0 Å². The molecule has 1 aliphatic carbocycles. The molecule has 11 heavy (non-hydrogen) atoms. The van der Waals surface area contributed by atoms with E-state index in [1.165, 1.54) is 31.3 Å². The molecule has 0 N–H and O–H groups in total. The lowest BCUT2D eigenvalue weighted by molar-refractivity contribution is -0.200. The third-order valence-corrected chi connectivity index (χ3v) is 2.38. The van der Waals surface area contributed by atoms with Crippen LogP contribution in [0.2, 0.25) is 0 Å². The number of allylic oxidation sites excluding steroid dienone is 2. The quantitative estimate of drug-likeness (QED) is 0.537. The highest BCUT2D eigenvalue weighted by atomic mass is 17.2. The molecule has 60 valence electrons. The molecule has 1 fully saturated rings. The molecule has 0 radical (unpaired) electrons. The normalized spacial score (nSPS) is 24.2. The van der Waals surface area contributed by atoms with Gasteiger partial charge >= 0.3 is 0 Å². The summed E-state index contributed by atoms with van der Waals surface area (Å²) in [6.07, 6.45) is 10.6. The van der Waals surface area contributed by atoms with E-state index in [-0.39, 0.29) is 0 Å². The molecule has 2 heteroatoms. The second-order valence-electron chi connectivity index (χ2n) is 3.09. The summed E-state index contributed by atoms with van der Waals surface area (Å²) in [7, 11) is 0. The maximum Gasteiger partial charge on any atom is 0.146 e. The van der Waals surface area contributed by atoms with Gasteiger partial charge in [0.15, 0.2) is 0 Å². The first kappa shape index (κ1) is 6.77. The highest BCUT2D eigenvalue weighted by Crippen LogP contribution is 2.32. The third-order valence-electron chi connectivity index (χ3n) is 2.38. The zero-order valence-electron chi connectivity index (χ0n) is 6.45. The molecule has 2 nitrogen and oxygen atoms in total. The first-order chi connectivity index (χ1) is 5.47. The fourth-order valence-corrected chi connectivity index (χ4v) is 1.75. The Kier molecular flexibility index (Phi) is 1.84. The van der Waals surface area contributed by atoms with Crippen molar-refractivity contribution in [3.8, 4) is 0 Å². The molecule has 0 atom stereocenters. The van der Waals surface area contributed by atoms with Crippen LogP contribution in [-0.4, -0.2) is 0 Å². The SMILES string of the molecule is C1=CC(C2CCCC2)=COO1. The van der Waals surface area contributed by atoms with Crippen molar-refractivity contribution >= 4 is 0 Å². The van der Waals surface area contributed by atoms with Crippen molar-refractivity contribution in [1.29, 1.82) is 0 Å². The zero-order valence-corrected chi connectivity index (χ0v) is 6.45. The summed E-state index contributed by atoms with van der Waals surface area (Å²) in [5, 5.41) is 0. The zero-order chi connectivity index (χ0) is 7.52. The molecule has 2 rings (SSSR count). The first-order valence-corrected chi connectivity index (χ1v) is 4.15. The van der Waals surface area contributed by atoms with Crippen LogP contribution in [0.5, 0.6) is 0 Å². The average molecular weight is 152 g/mol. The van der Waals surface area contributed by atoms with Crippen molar-refractivity contribution in [3.63, 3.8) is 0 Å². The second-order valence-corrected chi connectivity index (χ2v) is 3.09. The minimum atomic E-state index is 0.718. The van der Waals surface area contributed by atoms with Gasteiger partial charge in [-0.3, -0.25) is 9.78 Å². The highest BCUT2D eigenvalue weighted by molar-refractivity contribution is 5.20. The van der Waals surface area contributed by atoms with Crippen molar-refractivity contribution in [2.75, 3.05) is 0 Å². The van der Waals surface area contributed by atoms with E-state index in [2.05, 4.69) is 4.89 Å². The molecule has 1 aliphatic heterocycles. The van der Waals surface area contributed by atoms with Crippen LogP contribution in [0.15, 0.2) is 24.2 Å². The van der Waals surface area contributed by atoms with Gasteiger partial charge < -0.3 is 0 Å². The molecule has 0 spiro atoms. The summed E-state index contributed by atoms with van der Waals surface area (Å²) in [5.74, 6) is 0.718. The van der Waals surface area contributed by atoms with Gasteiger partial charge in [0, 0.05) is 0 Å². The fraction of sp³-hybridized carbons (Fsp3) is 0.556. The van der Waals surface area contributed by atoms with Gasteiger partial charge in [-0.1, -0.05) is 12.8 Å². The van der Waals surface area contributed by atoms with Crippen molar-refractivity contribution in [2.24, 2.45) is 5.92 Å². The van der Waals surface area contributed by atoms with Gasteiger partial charge in [-0.2, -0.15) is 0 Å². The minimum absolute atomic E-state index is 0.718. The van der Waals surface area contributed by atoms with Gasteiger partial charge in [0.2, 0.25) is 0 Å². The summed E-state index contributed by atoms with van der Waals surface area (Å²) in [5.41, 5.74) is 1.29. The molecule has 0 unspecified atom stereocenters. The van der Waals surface area contributed by atoms with Crippen LogP contribution in [0.3, 0.4) is 0 Å². The van der Waals surface area contributed by atoms with Crippen molar-refractivity contribution in [2.45, 2.75) is 25.7 Å². The maximum absolute atomic E-state index is 4.75. The Morgan fingerprint density at radius 3 is 2.64 bits per heavy atom. The van der Waals surface area contributed by atoms with E-state index in [0.717, 1.165) is 5.92 Å². The average Bonchev–Trinajstić information content (AvgIpc) is 2.58. The lowest BCUT2D eigenvalue weighted by Crippen LogP contribution is -2.00. The number of rotatable bonds is 1. The molecular formula is C9H12O2. The van der Waals surface area contributed by atoms with E-state index >= 15 is 0 Å². The lowest BCUT2D eigenvalue weighted by atomic mass is 9.99. The molecule has 0 amide bonds. The van der Waals surface area contributed by atoms with Crippen LogP contribution in [0.1, 0.15) is 25.7 Å². The molecule has 0 saturated heterocycles. The molecule has 2 aliphatic rings. The van der Waals surface area contributed by atoms with Crippen LogP contribution >= 0.6 is 0 Å². The third kappa shape index (κ3) is 1.39. The van der Waals surface area contributed by atoms with E-state index in [1.807, 2.05) is 6.08 Å². The summed E-state index contributed by atoms with van der Waals surface area (Å²) < 4.78 is 0. The van der Waals surface area contributed by atoms with Gasteiger partial charge in [-0.25, -0.2) is 0 Å². The van der Waals surface area contributed by atoms with Gasteiger partial charge in [-0.05, 0) is 30.4 Å². The van der Waals surface area contributed by atoms with E-state index in [1.54, 1.807) is 12.5 Å². The first-order valence-electron chi connectivity index (χ1n) is 4.15. The molecule has 0 bridgehead atoms. The van der Waals surface area contributed by atoms with Gasteiger partial charge in [-0.15, -0.1) is 0 Å². The van der Waals surface area contributed by atoms with Crippen LogP contribution < -0.4 is 0 Å². The van der Waals surface area contributed by atoms with Gasteiger partial charge in [0.25, 0.3) is 0 Å². The van der Waals surface area contributed by atoms with Crippen LogP contribution in [0.25, 0.3) is 0 Å². The number of hydrogen-bond donors (Lipinski definition) is 0. The molecule has 0 aromatic heterocycles. The van der Waals surface area contributed by atoms with Crippen LogP contribution in [-0.2, 0) is 9.78 Å². The molecule has 0 aromatic carbocycles. The summed E-state index contributed by atoms with van der Waals surface area (Å²) in [6, 6.07) is 0. The summed E-state index contributed by atoms with van der Waals surface area (Å²) >= 11 is 0. The number of hydrogen-bond acceptors (Lipinski definition) is 2. The van der Waals surface area contributed by atoms with Crippen LogP contribution in [0.4, 0.5) is 0 Å². The lowest BCUT2D eigenvalue weighted by Gasteiger charge is -2.12. The Labute approximate surface area is 66.4 Å². The monoisotopic (exact) mass is 152 g/mol. The largest absolute Gasteiger partial charge is 0.299 e. The van der Waals surface area contributed by atoms with E-state index in [4.69, 9.17) is 4.89 Å². The Bertz CT molecular complexity index is 188. The minimum Gasteiger partial charge on any atom is -0.299 e. The van der Waals surface area contributed by atoms with Crippen LogP contribution in [0, 0.1) is 5.92 Å². The molecule has 0 aromatic rings. The van der Waals surface area contributed by atoms with Gasteiger partial charge in [0.05, 0.1) is 0 Å². The van der Waals surface area contributed by atoms with E-state index in [0.29, 0.717) is 0 Å². The highest BCUT2D eigenvalue weighted by Gasteiger charge is 2.19. The predicted molar refractivity (Wildman–Crippen MR) is 41.4 cm³/mol. The Balaban J connectivity index is 2.02. The smallest absolute Gasteiger partial charge is 0.146 e. The van der Waals surface area contributed by atoms with Crippen molar-refractivity contribution < 1.29 is 9.78 Å². The molecule has 1 saturated carbocycles. The predicted octanol–water partition coefficient (Wildman–Crippen LogP) is 2.54. The Hall–Kier alpha value is -0.920. The fourth-order valence-electron chi connectivity index (χ4n) is 1.75. The maximum atomic E-state index is 4.75. The topological polar surface area (TPSA) is 18.5 Å². The van der Waals surface area contributed by atoms with E-state index in [9.17, 15) is 0 Å². The Morgan fingerprint density at radius 2 is 2.00 bits per heavy atom. The molecular weight excluding hydrogens is 140 g/mol. The van der Waals surface area contributed by atoms with Gasteiger partial charge in [0.1, 0.15) is 12.5 Å². The molecule has 1 heterocycles. The standard InChI is InChI=1S/C9H12O2/c1-2-4-8(3-1)9-5-6-10-11-7-9/h5-8H,1-4H2. The second kappa shape index (κ2) is 2.99. The van der Waals surface area contributed by atoms with E-state index < -0.39 is 0 Å². The summed E-state index contributed by atoms with van der Waals surface area (Å²) in [6.45, 7) is 0. The van der Waals surface area contributed by atoms with Crippen molar-refractivity contribution in [3.05, 3.63) is 24.2 Å². The summed E-state index contributed by atoms with van der Waals surface area (Å²) in [4.78, 5) is 9.35. The Morgan fingerprint density at radius 1 is 1.18 bits per heavy atom.